The highest BCUT2D eigenvalue weighted by Gasteiger charge is 2.51. The number of hydrogen-bond donors (Lipinski definition) is 0. The first kappa shape index (κ1) is 14.8. The van der Waals surface area contributed by atoms with Gasteiger partial charge in [0.05, 0.1) is 24.4 Å². The van der Waals surface area contributed by atoms with Crippen molar-refractivity contribution < 1.29 is 14.2 Å². The SMILES string of the molecule is CCCOC1CCC2C(C1)OC1C(C)C(OC)CCC21. The summed E-state index contributed by atoms with van der Waals surface area (Å²) in [5, 5.41) is 0. The number of ether oxygens (including phenoxy) is 3. The van der Waals surface area contributed by atoms with Gasteiger partial charge < -0.3 is 14.2 Å². The second kappa shape index (κ2) is 6.33. The lowest BCUT2D eigenvalue weighted by molar-refractivity contribution is -0.0886. The fraction of sp³-hybridized carbons (Fsp3) is 1.00. The lowest BCUT2D eigenvalue weighted by Crippen LogP contribution is -2.41. The van der Waals surface area contributed by atoms with Gasteiger partial charge in [0, 0.05) is 26.1 Å². The number of rotatable bonds is 4. The predicted octanol–water partition coefficient (Wildman–Crippen LogP) is 3.41. The average molecular weight is 282 g/mol. The van der Waals surface area contributed by atoms with Crippen LogP contribution in [-0.2, 0) is 14.2 Å². The monoisotopic (exact) mass is 282 g/mol. The lowest BCUT2D eigenvalue weighted by atomic mass is 9.69. The molecule has 1 aliphatic heterocycles. The Morgan fingerprint density at radius 1 is 1.10 bits per heavy atom. The van der Waals surface area contributed by atoms with E-state index in [1.54, 1.807) is 0 Å². The van der Waals surface area contributed by atoms with Crippen LogP contribution in [0.15, 0.2) is 0 Å². The Morgan fingerprint density at radius 3 is 2.65 bits per heavy atom. The van der Waals surface area contributed by atoms with Gasteiger partial charge in [-0.3, -0.25) is 0 Å². The lowest BCUT2D eigenvalue weighted by Gasteiger charge is -2.38. The number of methoxy groups -OCH3 is 1. The molecule has 3 heteroatoms. The first-order valence-electron chi connectivity index (χ1n) is 8.54. The summed E-state index contributed by atoms with van der Waals surface area (Å²) in [5.41, 5.74) is 0. The molecule has 0 radical (unpaired) electrons. The minimum absolute atomic E-state index is 0.392. The molecule has 0 N–H and O–H groups in total. The summed E-state index contributed by atoms with van der Waals surface area (Å²) in [5.74, 6) is 2.09. The first-order chi connectivity index (χ1) is 9.74. The van der Waals surface area contributed by atoms with Gasteiger partial charge >= 0.3 is 0 Å². The van der Waals surface area contributed by atoms with Gasteiger partial charge in [-0.05, 0) is 43.9 Å². The van der Waals surface area contributed by atoms with Crippen LogP contribution in [-0.4, -0.2) is 38.1 Å². The number of fused-ring (bicyclic) bond motifs is 3. The van der Waals surface area contributed by atoms with E-state index in [0.29, 0.717) is 30.3 Å². The number of hydrogen-bond acceptors (Lipinski definition) is 3. The highest BCUT2D eigenvalue weighted by molar-refractivity contribution is 5.00. The summed E-state index contributed by atoms with van der Waals surface area (Å²) < 4.78 is 18.1. The summed E-state index contributed by atoms with van der Waals surface area (Å²) in [6.07, 6.45) is 8.95. The molecule has 0 bridgehead atoms. The standard InChI is InChI=1S/C17H30O3/c1-4-9-19-12-5-6-13-14-7-8-15(18-3)11(2)17(14)20-16(13)10-12/h11-17H,4-10H2,1-3H3. The molecule has 7 unspecified atom stereocenters. The van der Waals surface area contributed by atoms with E-state index >= 15 is 0 Å². The minimum Gasteiger partial charge on any atom is -0.381 e. The predicted molar refractivity (Wildman–Crippen MR) is 78.7 cm³/mol. The van der Waals surface area contributed by atoms with Crippen molar-refractivity contribution in [2.45, 2.75) is 76.8 Å². The van der Waals surface area contributed by atoms with E-state index in [0.717, 1.165) is 31.3 Å². The van der Waals surface area contributed by atoms with Gasteiger partial charge in [-0.1, -0.05) is 13.8 Å². The Labute approximate surface area is 123 Å². The van der Waals surface area contributed by atoms with Gasteiger partial charge in [0.1, 0.15) is 0 Å². The van der Waals surface area contributed by atoms with E-state index in [1.807, 2.05) is 7.11 Å². The van der Waals surface area contributed by atoms with Crippen molar-refractivity contribution in [2.24, 2.45) is 17.8 Å². The molecular formula is C17H30O3. The summed E-state index contributed by atoms with van der Waals surface area (Å²) in [6, 6.07) is 0. The average Bonchev–Trinajstić information content (AvgIpc) is 2.84. The highest BCUT2D eigenvalue weighted by Crippen LogP contribution is 2.49. The molecule has 2 aliphatic carbocycles. The topological polar surface area (TPSA) is 27.7 Å². The maximum absolute atomic E-state index is 6.46. The summed E-state index contributed by atoms with van der Waals surface area (Å²) in [6.45, 7) is 5.39. The van der Waals surface area contributed by atoms with Gasteiger partial charge in [-0.15, -0.1) is 0 Å². The highest BCUT2D eigenvalue weighted by atomic mass is 16.5. The van der Waals surface area contributed by atoms with Gasteiger partial charge in [0.2, 0.25) is 0 Å². The molecule has 0 aromatic carbocycles. The van der Waals surface area contributed by atoms with Crippen molar-refractivity contribution in [3.05, 3.63) is 0 Å². The Balaban J connectivity index is 1.62. The van der Waals surface area contributed by atoms with Crippen molar-refractivity contribution in [3.63, 3.8) is 0 Å². The van der Waals surface area contributed by atoms with Crippen LogP contribution in [0.1, 0.15) is 52.4 Å². The molecule has 3 aliphatic rings. The molecule has 0 amide bonds. The van der Waals surface area contributed by atoms with E-state index in [1.165, 1.54) is 25.7 Å². The third kappa shape index (κ3) is 2.65. The van der Waals surface area contributed by atoms with E-state index in [9.17, 15) is 0 Å². The van der Waals surface area contributed by atoms with Crippen LogP contribution in [0.2, 0.25) is 0 Å². The maximum atomic E-state index is 6.46. The Kier molecular flexibility index (Phi) is 4.68. The van der Waals surface area contributed by atoms with Crippen molar-refractivity contribution in [2.75, 3.05) is 13.7 Å². The Bertz CT molecular complexity index is 319. The van der Waals surface area contributed by atoms with E-state index in [4.69, 9.17) is 14.2 Å². The van der Waals surface area contributed by atoms with Crippen LogP contribution in [0.25, 0.3) is 0 Å². The molecule has 3 fully saturated rings. The summed E-state index contributed by atoms with van der Waals surface area (Å²) in [7, 11) is 1.85. The van der Waals surface area contributed by atoms with Crippen LogP contribution >= 0.6 is 0 Å². The summed E-state index contributed by atoms with van der Waals surface area (Å²) in [4.78, 5) is 0. The fourth-order valence-electron chi connectivity index (χ4n) is 4.80. The smallest absolute Gasteiger partial charge is 0.0661 e. The molecule has 0 aromatic rings. The van der Waals surface area contributed by atoms with Crippen LogP contribution < -0.4 is 0 Å². The zero-order valence-electron chi connectivity index (χ0n) is 13.2. The molecule has 0 aromatic heterocycles. The molecule has 7 atom stereocenters. The second-order valence-electron chi connectivity index (χ2n) is 6.98. The molecule has 116 valence electrons. The molecule has 0 spiro atoms. The molecule has 2 saturated carbocycles. The third-order valence-electron chi connectivity index (χ3n) is 5.85. The quantitative estimate of drug-likeness (QED) is 0.791. The first-order valence-corrected chi connectivity index (χ1v) is 8.54. The van der Waals surface area contributed by atoms with Gasteiger partial charge in [0.25, 0.3) is 0 Å². The fourth-order valence-corrected chi connectivity index (χ4v) is 4.80. The van der Waals surface area contributed by atoms with Crippen LogP contribution in [0, 0.1) is 17.8 Å². The van der Waals surface area contributed by atoms with E-state index in [2.05, 4.69) is 13.8 Å². The molecule has 1 saturated heterocycles. The van der Waals surface area contributed by atoms with Gasteiger partial charge in [-0.25, -0.2) is 0 Å². The Morgan fingerprint density at radius 2 is 1.90 bits per heavy atom. The van der Waals surface area contributed by atoms with E-state index < -0.39 is 0 Å². The Hall–Kier alpha value is -0.120. The zero-order chi connectivity index (χ0) is 14.1. The molecule has 20 heavy (non-hydrogen) atoms. The van der Waals surface area contributed by atoms with Gasteiger partial charge in [-0.2, -0.15) is 0 Å². The van der Waals surface area contributed by atoms with Crippen molar-refractivity contribution >= 4 is 0 Å². The largest absolute Gasteiger partial charge is 0.381 e. The molecule has 3 nitrogen and oxygen atoms in total. The van der Waals surface area contributed by atoms with Crippen LogP contribution in [0.3, 0.4) is 0 Å². The maximum Gasteiger partial charge on any atom is 0.0661 e. The minimum atomic E-state index is 0.392. The van der Waals surface area contributed by atoms with E-state index in [-0.39, 0.29) is 0 Å². The normalized spacial score (nSPS) is 47.9. The zero-order valence-corrected chi connectivity index (χ0v) is 13.2. The van der Waals surface area contributed by atoms with Crippen LogP contribution in [0.5, 0.6) is 0 Å². The van der Waals surface area contributed by atoms with Crippen molar-refractivity contribution in [1.82, 2.24) is 0 Å². The third-order valence-corrected chi connectivity index (χ3v) is 5.85. The molecule has 1 heterocycles. The second-order valence-corrected chi connectivity index (χ2v) is 6.98. The molecular weight excluding hydrogens is 252 g/mol. The summed E-state index contributed by atoms with van der Waals surface area (Å²) >= 11 is 0. The molecule has 3 rings (SSSR count). The van der Waals surface area contributed by atoms with Crippen molar-refractivity contribution in [1.29, 1.82) is 0 Å². The van der Waals surface area contributed by atoms with Crippen LogP contribution in [0.4, 0.5) is 0 Å². The van der Waals surface area contributed by atoms with Gasteiger partial charge in [0.15, 0.2) is 0 Å². The van der Waals surface area contributed by atoms with Crippen molar-refractivity contribution in [3.8, 4) is 0 Å².